The van der Waals surface area contributed by atoms with Gasteiger partial charge in [0.25, 0.3) is 0 Å². The minimum absolute atomic E-state index is 0.307. The third kappa shape index (κ3) is 3.28. The van der Waals surface area contributed by atoms with Crippen molar-refractivity contribution < 1.29 is 14.7 Å². The second-order valence-electron chi connectivity index (χ2n) is 5.24. The van der Waals surface area contributed by atoms with Crippen LogP contribution in [0, 0.1) is 12.8 Å². The molecule has 20 heavy (non-hydrogen) atoms. The molecule has 0 spiro atoms. The van der Waals surface area contributed by atoms with Crippen molar-refractivity contribution in [1.82, 2.24) is 15.1 Å². The molecule has 110 valence electrons. The van der Waals surface area contributed by atoms with Gasteiger partial charge in [-0.3, -0.25) is 9.48 Å². The molecule has 1 aromatic heterocycles. The predicted molar refractivity (Wildman–Crippen MR) is 73.5 cm³/mol. The number of carboxylic acids is 1. The van der Waals surface area contributed by atoms with Gasteiger partial charge in [0, 0.05) is 19.3 Å². The molecular formula is C13H20N4O3. The second kappa shape index (κ2) is 5.94. The van der Waals surface area contributed by atoms with Crippen molar-refractivity contribution in [3.63, 3.8) is 0 Å². The molecule has 1 aromatic rings. The first-order valence-corrected chi connectivity index (χ1v) is 6.78. The van der Waals surface area contributed by atoms with Crippen LogP contribution in [-0.2, 0) is 11.8 Å². The van der Waals surface area contributed by atoms with Gasteiger partial charge in [-0.15, -0.1) is 0 Å². The molecule has 1 aliphatic carbocycles. The average molecular weight is 280 g/mol. The van der Waals surface area contributed by atoms with Crippen molar-refractivity contribution in [3.05, 3.63) is 11.9 Å². The van der Waals surface area contributed by atoms with E-state index in [9.17, 15) is 14.7 Å². The summed E-state index contributed by atoms with van der Waals surface area (Å²) in [5, 5.41) is 18.8. The predicted octanol–water partition coefficient (Wildman–Crippen LogP) is 1.49. The van der Waals surface area contributed by atoms with Crippen LogP contribution < -0.4 is 10.6 Å². The van der Waals surface area contributed by atoms with Crippen molar-refractivity contribution in [2.24, 2.45) is 13.0 Å². The Morgan fingerprint density at radius 3 is 2.70 bits per heavy atom. The highest BCUT2D eigenvalue weighted by Crippen LogP contribution is 2.24. The van der Waals surface area contributed by atoms with Crippen LogP contribution in [0.15, 0.2) is 6.20 Å². The first-order chi connectivity index (χ1) is 9.47. The van der Waals surface area contributed by atoms with E-state index in [2.05, 4.69) is 15.7 Å². The zero-order valence-corrected chi connectivity index (χ0v) is 11.7. The number of carbonyl (C=O) groups is 2. The maximum Gasteiger partial charge on any atom is 0.319 e. The Kier molecular flexibility index (Phi) is 4.26. The number of anilines is 1. The molecule has 0 radical (unpaired) electrons. The summed E-state index contributed by atoms with van der Waals surface area (Å²) in [5.74, 6) is -1.34. The number of aryl methyl sites for hydroxylation is 2. The molecule has 1 fully saturated rings. The molecule has 7 heteroatoms. The summed E-state index contributed by atoms with van der Waals surface area (Å²) >= 11 is 0. The molecular weight excluding hydrogens is 260 g/mol. The summed E-state index contributed by atoms with van der Waals surface area (Å²) in [5.41, 5.74) is 1.36. The van der Waals surface area contributed by atoms with Crippen molar-refractivity contribution in [2.75, 3.05) is 5.32 Å². The second-order valence-corrected chi connectivity index (χ2v) is 5.24. The van der Waals surface area contributed by atoms with Crippen molar-refractivity contribution in [1.29, 1.82) is 0 Å². The summed E-state index contributed by atoms with van der Waals surface area (Å²) in [6.07, 6.45) is 4.88. The van der Waals surface area contributed by atoms with Gasteiger partial charge in [-0.1, -0.05) is 12.8 Å². The first kappa shape index (κ1) is 14.4. The number of carbonyl (C=O) groups excluding carboxylic acids is 1. The molecule has 2 rings (SSSR count). The number of aromatic nitrogens is 2. The van der Waals surface area contributed by atoms with E-state index in [1.54, 1.807) is 24.9 Å². The number of urea groups is 1. The Hall–Kier alpha value is -2.05. The van der Waals surface area contributed by atoms with Gasteiger partial charge in [0.05, 0.1) is 17.3 Å². The summed E-state index contributed by atoms with van der Waals surface area (Å²) in [7, 11) is 1.78. The van der Waals surface area contributed by atoms with E-state index < -0.39 is 11.9 Å². The Morgan fingerprint density at radius 2 is 2.10 bits per heavy atom. The van der Waals surface area contributed by atoms with Gasteiger partial charge in [0.1, 0.15) is 0 Å². The minimum Gasteiger partial charge on any atom is -0.481 e. The number of nitrogens with one attached hydrogen (secondary N) is 2. The number of amides is 2. The molecule has 1 aliphatic rings. The number of rotatable bonds is 3. The monoisotopic (exact) mass is 280 g/mol. The maximum atomic E-state index is 12.0. The van der Waals surface area contributed by atoms with Crippen LogP contribution >= 0.6 is 0 Å². The van der Waals surface area contributed by atoms with E-state index in [1.807, 2.05) is 0 Å². The summed E-state index contributed by atoms with van der Waals surface area (Å²) in [6, 6.07) is -0.683. The molecule has 7 nitrogen and oxygen atoms in total. The van der Waals surface area contributed by atoms with Gasteiger partial charge in [0.15, 0.2) is 0 Å². The highest BCUT2D eigenvalue weighted by atomic mass is 16.4. The Bertz CT molecular complexity index is 512. The number of carboxylic acid groups (broad SMARTS) is 1. The molecule has 3 N–H and O–H groups in total. The van der Waals surface area contributed by atoms with Gasteiger partial charge >= 0.3 is 12.0 Å². The lowest BCUT2D eigenvalue weighted by atomic mass is 9.84. The van der Waals surface area contributed by atoms with E-state index >= 15 is 0 Å². The van der Waals surface area contributed by atoms with Gasteiger partial charge in [-0.25, -0.2) is 4.79 Å². The molecule has 0 aliphatic heterocycles. The Morgan fingerprint density at radius 1 is 1.40 bits per heavy atom. The number of aliphatic carboxylic acids is 1. The summed E-state index contributed by atoms with van der Waals surface area (Å²) in [4.78, 5) is 23.1. The lowest BCUT2D eigenvalue weighted by Crippen LogP contribution is -2.46. The Balaban J connectivity index is 1.96. The molecule has 0 aromatic carbocycles. The van der Waals surface area contributed by atoms with Crippen LogP contribution in [0.2, 0.25) is 0 Å². The standard InChI is InChI=1S/C13H20N4O3/c1-8-11(7-17(2)16-8)15-13(20)14-10-6-4-3-5-9(10)12(18)19/h7,9-10H,3-6H2,1-2H3,(H,18,19)(H2,14,15,20). The number of nitrogens with zero attached hydrogens (tertiary/aromatic N) is 2. The SMILES string of the molecule is Cc1nn(C)cc1NC(=O)NC1CCCCC1C(=O)O. The maximum absolute atomic E-state index is 12.0. The van der Waals surface area contributed by atoms with E-state index in [1.165, 1.54) is 0 Å². The third-order valence-electron chi connectivity index (χ3n) is 3.66. The van der Waals surface area contributed by atoms with E-state index in [4.69, 9.17) is 0 Å². The minimum atomic E-state index is -0.840. The van der Waals surface area contributed by atoms with Crippen LogP contribution in [0.4, 0.5) is 10.5 Å². The molecule has 0 bridgehead atoms. The van der Waals surface area contributed by atoms with Crippen LogP contribution in [-0.4, -0.2) is 32.9 Å². The molecule has 2 amide bonds. The van der Waals surface area contributed by atoms with E-state index in [0.717, 1.165) is 18.5 Å². The molecule has 2 unspecified atom stereocenters. The zero-order chi connectivity index (χ0) is 14.7. The zero-order valence-electron chi connectivity index (χ0n) is 11.7. The number of hydrogen-bond donors (Lipinski definition) is 3. The van der Waals surface area contributed by atoms with E-state index in [0.29, 0.717) is 18.5 Å². The average Bonchev–Trinajstić information content (AvgIpc) is 2.68. The highest BCUT2D eigenvalue weighted by Gasteiger charge is 2.31. The molecule has 1 heterocycles. The van der Waals surface area contributed by atoms with Crippen LogP contribution in [0.3, 0.4) is 0 Å². The van der Waals surface area contributed by atoms with Crippen molar-refractivity contribution in [2.45, 2.75) is 38.6 Å². The van der Waals surface area contributed by atoms with Crippen LogP contribution in [0.25, 0.3) is 0 Å². The van der Waals surface area contributed by atoms with E-state index in [-0.39, 0.29) is 12.1 Å². The quantitative estimate of drug-likeness (QED) is 0.781. The normalized spacial score (nSPS) is 22.3. The summed E-state index contributed by atoms with van der Waals surface area (Å²) in [6.45, 7) is 1.80. The topological polar surface area (TPSA) is 96.3 Å². The largest absolute Gasteiger partial charge is 0.481 e. The fraction of sp³-hybridized carbons (Fsp3) is 0.615. The molecule has 2 atom stereocenters. The van der Waals surface area contributed by atoms with Crippen LogP contribution in [0.1, 0.15) is 31.4 Å². The number of hydrogen-bond acceptors (Lipinski definition) is 3. The smallest absolute Gasteiger partial charge is 0.319 e. The van der Waals surface area contributed by atoms with Gasteiger partial charge in [0.2, 0.25) is 0 Å². The van der Waals surface area contributed by atoms with Gasteiger partial charge in [-0.05, 0) is 19.8 Å². The van der Waals surface area contributed by atoms with Crippen molar-refractivity contribution in [3.8, 4) is 0 Å². The Labute approximate surface area is 117 Å². The summed E-state index contributed by atoms with van der Waals surface area (Å²) < 4.78 is 1.62. The highest BCUT2D eigenvalue weighted by molar-refractivity contribution is 5.90. The first-order valence-electron chi connectivity index (χ1n) is 6.78. The lowest BCUT2D eigenvalue weighted by molar-refractivity contribution is -0.143. The van der Waals surface area contributed by atoms with Gasteiger partial charge in [-0.2, -0.15) is 5.10 Å². The van der Waals surface area contributed by atoms with Crippen molar-refractivity contribution >= 4 is 17.7 Å². The van der Waals surface area contributed by atoms with Crippen LogP contribution in [0.5, 0.6) is 0 Å². The fourth-order valence-electron chi connectivity index (χ4n) is 2.65. The molecule has 0 saturated heterocycles. The fourth-order valence-corrected chi connectivity index (χ4v) is 2.65. The third-order valence-corrected chi connectivity index (χ3v) is 3.66. The van der Waals surface area contributed by atoms with Gasteiger partial charge < -0.3 is 15.7 Å². The lowest BCUT2D eigenvalue weighted by Gasteiger charge is -2.29. The molecule has 1 saturated carbocycles.